The maximum absolute atomic E-state index is 12.2. The minimum atomic E-state index is -5.32. The lowest BCUT2D eigenvalue weighted by atomic mass is 10.2. The summed E-state index contributed by atoms with van der Waals surface area (Å²) in [7, 11) is 0.946. The molecular formula is C8H5F3N2O6. The highest BCUT2D eigenvalue weighted by Crippen LogP contribution is 2.40. The number of hydrogen-bond acceptors (Lipinski definition) is 6. The molecule has 0 saturated heterocycles. The highest BCUT2D eigenvalue weighted by Gasteiger charge is 2.39. The molecule has 0 aliphatic heterocycles. The van der Waals surface area contributed by atoms with Crippen LogP contribution in [0.1, 0.15) is 10.5 Å². The largest absolute Gasteiger partial charge is 0.573 e. The lowest BCUT2D eigenvalue weighted by molar-refractivity contribution is -0.389. The minimum Gasteiger partial charge on any atom is -0.489 e. The maximum atomic E-state index is 12.2. The highest BCUT2D eigenvalue weighted by atomic mass is 19.4. The second kappa shape index (κ2) is 4.96. The van der Waals surface area contributed by atoms with E-state index in [0.717, 1.165) is 7.11 Å². The van der Waals surface area contributed by atoms with E-state index in [4.69, 9.17) is 5.11 Å². The topological polar surface area (TPSA) is 112 Å². The number of methoxy groups -OCH3 is 1. The lowest BCUT2D eigenvalue weighted by Gasteiger charge is -2.12. The van der Waals surface area contributed by atoms with Crippen molar-refractivity contribution in [3.63, 3.8) is 0 Å². The first-order valence-electron chi connectivity index (χ1n) is 4.37. The normalized spacial score (nSPS) is 10.9. The minimum absolute atomic E-state index is 0.616. The molecule has 11 heteroatoms. The van der Waals surface area contributed by atoms with Gasteiger partial charge in [-0.05, 0) is 0 Å². The number of hydrogen-bond donors (Lipinski definition) is 1. The van der Waals surface area contributed by atoms with E-state index in [9.17, 15) is 28.1 Å². The molecule has 1 aromatic rings. The van der Waals surface area contributed by atoms with Crippen LogP contribution in [0.25, 0.3) is 0 Å². The monoisotopic (exact) mass is 282 g/mol. The number of halogens is 3. The van der Waals surface area contributed by atoms with Crippen LogP contribution in [0.3, 0.4) is 0 Å². The SMILES string of the molecule is COc1cnc(C(=O)O)c(OC(F)(F)F)c1[N+](=O)[O-]. The number of rotatable bonds is 4. The third-order valence-electron chi connectivity index (χ3n) is 1.80. The molecule has 104 valence electrons. The third kappa shape index (κ3) is 3.20. The van der Waals surface area contributed by atoms with Crippen molar-refractivity contribution in [1.29, 1.82) is 0 Å². The number of nitrogens with zero attached hydrogens (tertiary/aromatic N) is 2. The summed E-state index contributed by atoms with van der Waals surface area (Å²) in [6.07, 6.45) is -4.70. The van der Waals surface area contributed by atoms with Gasteiger partial charge in [-0.15, -0.1) is 13.2 Å². The van der Waals surface area contributed by atoms with Crippen molar-refractivity contribution in [2.24, 2.45) is 0 Å². The number of ether oxygens (including phenoxy) is 2. The number of aromatic carboxylic acids is 1. The average Bonchev–Trinajstić information content (AvgIpc) is 2.25. The van der Waals surface area contributed by atoms with Crippen LogP contribution in [0, 0.1) is 10.1 Å². The van der Waals surface area contributed by atoms with Crippen LogP contribution >= 0.6 is 0 Å². The predicted octanol–water partition coefficient (Wildman–Crippen LogP) is 1.60. The number of carboxylic acid groups (broad SMARTS) is 1. The first-order chi connectivity index (χ1) is 8.67. The first-order valence-corrected chi connectivity index (χ1v) is 4.37. The second-order valence-corrected chi connectivity index (χ2v) is 2.96. The molecule has 0 radical (unpaired) electrons. The molecule has 0 aliphatic carbocycles. The smallest absolute Gasteiger partial charge is 0.489 e. The van der Waals surface area contributed by atoms with Gasteiger partial charge in [0.05, 0.1) is 18.2 Å². The van der Waals surface area contributed by atoms with Gasteiger partial charge < -0.3 is 14.6 Å². The van der Waals surface area contributed by atoms with Crippen LogP contribution in [-0.4, -0.2) is 34.5 Å². The van der Waals surface area contributed by atoms with E-state index in [1.54, 1.807) is 0 Å². The fraction of sp³-hybridized carbons (Fsp3) is 0.250. The van der Waals surface area contributed by atoms with Gasteiger partial charge in [0.1, 0.15) is 0 Å². The fourth-order valence-corrected chi connectivity index (χ4v) is 1.15. The van der Waals surface area contributed by atoms with E-state index < -0.39 is 40.1 Å². The summed E-state index contributed by atoms with van der Waals surface area (Å²) in [6, 6.07) is 0. The molecule has 19 heavy (non-hydrogen) atoms. The summed E-state index contributed by atoms with van der Waals surface area (Å²) in [5.74, 6) is -4.11. The third-order valence-corrected chi connectivity index (χ3v) is 1.80. The molecule has 0 aliphatic rings. The molecule has 0 atom stereocenters. The quantitative estimate of drug-likeness (QED) is 0.659. The average molecular weight is 282 g/mol. The van der Waals surface area contributed by atoms with E-state index in [1.165, 1.54) is 0 Å². The van der Waals surface area contributed by atoms with Gasteiger partial charge in [-0.2, -0.15) is 0 Å². The van der Waals surface area contributed by atoms with Crippen molar-refractivity contribution in [3.05, 3.63) is 22.0 Å². The van der Waals surface area contributed by atoms with E-state index in [1.807, 2.05) is 0 Å². The number of aromatic nitrogens is 1. The highest BCUT2D eigenvalue weighted by molar-refractivity contribution is 5.91. The summed E-state index contributed by atoms with van der Waals surface area (Å²) in [5.41, 5.74) is -2.52. The maximum Gasteiger partial charge on any atom is 0.573 e. The molecule has 0 unspecified atom stereocenters. The Labute approximate surface area is 102 Å². The van der Waals surface area contributed by atoms with Gasteiger partial charge >= 0.3 is 18.0 Å². The van der Waals surface area contributed by atoms with Gasteiger partial charge in [-0.3, -0.25) is 10.1 Å². The molecule has 0 saturated carbocycles. The fourth-order valence-electron chi connectivity index (χ4n) is 1.15. The molecule has 0 amide bonds. The van der Waals surface area contributed by atoms with Crippen molar-refractivity contribution >= 4 is 11.7 Å². The van der Waals surface area contributed by atoms with Crippen LogP contribution in [0.4, 0.5) is 18.9 Å². The first kappa shape index (κ1) is 14.5. The predicted molar refractivity (Wildman–Crippen MR) is 51.1 cm³/mol. The van der Waals surface area contributed by atoms with E-state index in [2.05, 4.69) is 14.5 Å². The Morgan fingerprint density at radius 3 is 2.47 bits per heavy atom. The van der Waals surface area contributed by atoms with Gasteiger partial charge in [0, 0.05) is 0 Å². The zero-order valence-electron chi connectivity index (χ0n) is 9.09. The Bertz CT molecular complexity index is 530. The number of carbonyl (C=O) groups is 1. The van der Waals surface area contributed by atoms with Gasteiger partial charge in [0.2, 0.25) is 11.5 Å². The Balaban J connectivity index is 3.58. The van der Waals surface area contributed by atoms with Gasteiger partial charge in [0.15, 0.2) is 5.69 Å². The lowest BCUT2D eigenvalue weighted by Crippen LogP contribution is -2.21. The van der Waals surface area contributed by atoms with Crippen molar-refractivity contribution in [2.45, 2.75) is 6.36 Å². The van der Waals surface area contributed by atoms with Crippen LogP contribution in [0.2, 0.25) is 0 Å². The Morgan fingerprint density at radius 2 is 2.11 bits per heavy atom. The molecule has 0 aromatic carbocycles. The van der Waals surface area contributed by atoms with Crippen molar-refractivity contribution < 1.29 is 37.5 Å². The van der Waals surface area contributed by atoms with Gasteiger partial charge in [-0.1, -0.05) is 0 Å². The van der Waals surface area contributed by atoms with Crippen molar-refractivity contribution in [2.75, 3.05) is 7.11 Å². The van der Waals surface area contributed by atoms with Crippen LogP contribution in [-0.2, 0) is 0 Å². The molecule has 0 spiro atoms. The van der Waals surface area contributed by atoms with Gasteiger partial charge in [-0.25, -0.2) is 9.78 Å². The van der Waals surface area contributed by atoms with Gasteiger partial charge in [0.25, 0.3) is 0 Å². The zero-order valence-corrected chi connectivity index (χ0v) is 9.09. The summed E-state index contributed by atoms with van der Waals surface area (Å²) in [6.45, 7) is 0. The van der Waals surface area contributed by atoms with E-state index in [0.29, 0.717) is 6.20 Å². The molecule has 1 N–H and O–H groups in total. The molecule has 1 aromatic heterocycles. The molecule has 1 rings (SSSR count). The second-order valence-electron chi connectivity index (χ2n) is 2.96. The standard InChI is InChI=1S/C8H5F3N2O6/c1-18-3-2-12-4(7(14)15)6(5(3)13(16)17)19-8(9,10)11/h2H,1H3,(H,14,15). The summed E-state index contributed by atoms with van der Waals surface area (Å²) in [5, 5.41) is 19.4. The van der Waals surface area contributed by atoms with E-state index >= 15 is 0 Å². The Kier molecular flexibility index (Phi) is 3.77. The molecule has 0 bridgehead atoms. The van der Waals surface area contributed by atoms with Crippen molar-refractivity contribution in [1.82, 2.24) is 4.98 Å². The Hall–Kier alpha value is -2.59. The van der Waals surface area contributed by atoms with Crippen LogP contribution < -0.4 is 9.47 Å². The van der Waals surface area contributed by atoms with Crippen molar-refractivity contribution in [3.8, 4) is 11.5 Å². The summed E-state index contributed by atoms with van der Waals surface area (Å²) in [4.78, 5) is 23.3. The summed E-state index contributed by atoms with van der Waals surface area (Å²) >= 11 is 0. The number of carboxylic acids is 1. The number of alkyl halides is 3. The van der Waals surface area contributed by atoms with Crippen LogP contribution in [0.15, 0.2) is 6.20 Å². The number of nitro groups is 1. The number of pyridine rings is 1. The molecule has 1 heterocycles. The summed E-state index contributed by atoms with van der Waals surface area (Å²) < 4.78 is 44.3. The van der Waals surface area contributed by atoms with Crippen LogP contribution in [0.5, 0.6) is 11.5 Å². The molecule has 0 fully saturated rings. The Morgan fingerprint density at radius 1 is 1.53 bits per heavy atom. The van der Waals surface area contributed by atoms with E-state index in [-0.39, 0.29) is 0 Å². The molecule has 8 nitrogen and oxygen atoms in total. The zero-order chi connectivity index (χ0) is 14.8. The molecular weight excluding hydrogens is 277 g/mol.